The molecule has 0 aliphatic carbocycles. The molecular formula is C12H17N3O5S. The maximum absolute atomic E-state index is 12.5. The van der Waals surface area contributed by atoms with Crippen molar-refractivity contribution in [1.82, 2.24) is 4.31 Å². The van der Waals surface area contributed by atoms with E-state index in [1.807, 2.05) is 6.92 Å². The van der Waals surface area contributed by atoms with Crippen LogP contribution in [0.2, 0.25) is 0 Å². The number of anilines is 1. The number of aliphatic hydroxyl groups excluding tert-OH is 1. The van der Waals surface area contributed by atoms with E-state index < -0.39 is 21.1 Å². The lowest BCUT2D eigenvalue weighted by molar-refractivity contribution is -0.385. The van der Waals surface area contributed by atoms with E-state index in [2.05, 4.69) is 0 Å². The molecule has 2 rings (SSSR count). The zero-order valence-corrected chi connectivity index (χ0v) is 12.3. The summed E-state index contributed by atoms with van der Waals surface area (Å²) in [5.41, 5.74) is 5.27. The highest BCUT2D eigenvalue weighted by molar-refractivity contribution is 7.89. The summed E-state index contributed by atoms with van der Waals surface area (Å²) in [7, 11) is -3.96. The van der Waals surface area contributed by atoms with Crippen molar-refractivity contribution in [2.45, 2.75) is 24.3 Å². The molecule has 0 spiro atoms. The molecule has 21 heavy (non-hydrogen) atoms. The molecule has 2 atom stereocenters. The Bertz CT molecular complexity index is 661. The van der Waals surface area contributed by atoms with Crippen LogP contribution in [0.4, 0.5) is 11.4 Å². The molecule has 0 amide bonds. The molecule has 1 heterocycles. The third kappa shape index (κ3) is 2.99. The van der Waals surface area contributed by atoms with Crippen LogP contribution in [-0.4, -0.2) is 41.9 Å². The van der Waals surface area contributed by atoms with Crippen LogP contribution < -0.4 is 5.73 Å². The minimum atomic E-state index is -3.96. The number of piperidine rings is 1. The number of non-ortho nitro benzene ring substituents is 1. The van der Waals surface area contributed by atoms with E-state index >= 15 is 0 Å². The van der Waals surface area contributed by atoms with Gasteiger partial charge in [-0.2, -0.15) is 4.31 Å². The summed E-state index contributed by atoms with van der Waals surface area (Å²) in [6.07, 6.45) is -0.233. The molecule has 3 N–H and O–H groups in total. The van der Waals surface area contributed by atoms with Gasteiger partial charge in [-0.25, -0.2) is 8.42 Å². The minimum absolute atomic E-state index is 0.0129. The second kappa shape index (κ2) is 5.58. The molecule has 0 saturated carbocycles. The van der Waals surface area contributed by atoms with Crippen LogP contribution in [0.15, 0.2) is 23.1 Å². The molecule has 0 bridgehead atoms. The molecule has 9 heteroatoms. The first-order valence-electron chi connectivity index (χ1n) is 6.45. The van der Waals surface area contributed by atoms with Gasteiger partial charge in [0.15, 0.2) is 0 Å². The van der Waals surface area contributed by atoms with Gasteiger partial charge in [-0.15, -0.1) is 0 Å². The van der Waals surface area contributed by atoms with Crippen molar-refractivity contribution < 1.29 is 18.4 Å². The average molecular weight is 315 g/mol. The number of nitro benzene ring substituents is 1. The van der Waals surface area contributed by atoms with Crippen molar-refractivity contribution in [2.75, 3.05) is 18.8 Å². The highest BCUT2D eigenvalue weighted by Gasteiger charge is 2.34. The van der Waals surface area contributed by atoms with Crippen molar-refractivity contribution in [2.24, 2.45) is 5.92 Å². The largest absolute Gasteiger partial charge is 0.398 e. The number of aliphatic hydroxyl groups is 1. The Hall–Kier alpha value is -1.71. The van der Waals surface area contributed by atoms with Gasteiger partial charge in [-0.05, 0) is 18.4 Å². The number of sulfonamides is 1. The molecule has 116 valence electrons. The van der Waals surface area contributed by atoms with E-state index in [-0.39, 0.29) is 35.3 Å². The Kier molecular flexibility index (Phi) is 4.17. The fraction of sp³-hybridized carbons (Fsp3) is 0.500. The molecule has 1 fully saturated rings. The fourth-order valence-electron chi connectivity index (χ4n) is 2.24. The number of nitrogens with two attached hydrogens (primary N) is 1. The van der Waals surface area contributed by atoms with Crippen molar-refractivity contribution in [1.29, 1.82) is 0 Å². The highest BCUT2D eigenvalue weighted by Crippen LogP contribution is 2.29. The lowest BCUT2D eigenvalue weighted by Crippen LogP contribution is -2.45. The minimum Gasteiger partial charge on any atom is -0.398 e. The summed E-state index contributed by atoms with van der Waals surface area (Å²) in [6, 6.07) is 3.31. The van der Waals surface area contributed by atoms with E-state index in [1.54, 1.807) is 0 Å². The SMILES string of the molecule is CC1CCN(S(=O)(=O)c2cc([N+](=O)[O-])ccc2N)CC1O. The lowest BCUT2D eigenvalue weighted by atomic mass is 9.98. The van der Waals surface area contributed by atoms with Gasteiger partial charge in [0, 0.05) is 25.2 Å². The standard InChI is InChI=1S/C12H17N3O5S/c1-8-4-5-14(7-11(8)16)21(19,20)12-6-9(15(17)18)2-3-10(12)13/h2-3,6,8,11,16H,4-5,7,13H2,1H3. The van der Waals surface area contributed by atoms with Crippen molar-refractivity contribution in [3.8, 4) is 0 Å². The number of hydrogen-bond acceptors (Lipinski definition) is 6. The predicted molar refractivity (Wildman–Crippen MR) is 76.1 cm³/mol. The Balaban J connectivity index is 2.40. The number of rotatable bonds is 3. The van der Waals surface area contributed by atoms with Crippen LogP contribution in [-0.2, 0) is 10.0 Å². The first kappa shape index (κ1) is 15.7. The van der Waals surface area contributed by atoms with E-state index in [4.69, 9.17) is 5.73 Å². The number of nitrogen functional groups attached to an aromatic ring is 1. The second-order valence-electron chi connectivity index (χ2n) is 5.18. The normalized spacial score (nSPS) is 23.9. The third-order valence-corrected chi connectivity index (χ3v) is 5.63. The van der Waals surface area contributed by atoms with Crippen LogP contribution >= 0.6 is 0 Å². The van der Waals surface area contributed by atoms with E-state index in [0.29, 0.717) is 6.42 Å². The summed E-state index contributed by atoms with van der Waals surface area (Å²) < 4.78 is 26.2. The zero-order valence-electron chi connectivity index (χ0n) is 11.5. The second-order valence-corrected chi connectivity index (χ2v) is 7.08. The van der Waals surface area contributed by atoms with Crippen molar-refractivity contribution in [3.63, 3.8) is 0 Å². The van der Waals surface area contributed by atoms with Gasteiger partial charge in [0.25, 0.3) is 5.69 Å². The number of benzene rings is 1. The predicted octanol–water partition coefficient (Wildman–Crippen LogP) is 0.568. The van der Waals surface area contributed by atoms with Crippen LogP contribution in [0.5, 0.6) is 0 Å². The van der Waals surface area contributed by atoms with Crippen LogP contribution in [0.25, 0.3) is 0 Å². The van der Waals surface area contributed by atoms with Gasteiger partial charge in [-0.1, -0.05) is 6.92 Å². The number of nitro groups is 1. The maximum atomic E-state index is 12.5. The maximum Gasteiger partial charge on any atom is 0.270 e. The number of hydrogen-bond donors (Lipinski definition) is 2. The third-order valence-electron chi connectivity index (χ3n) is 3.71. The Labute approximate surface area is 122 Å². The van der Waals surface area contributed by atoms with Crippen LogP contribution in [0.1, 0.15) is 13.3 Å². The number of nitrogens with zero attached hydrogens (tertiary/aromatic N) is 2. The van der Waals surface area contributed by atoms with E-state index in [9.17, 15) is 23.6 Å². The lowest BCUT2D eigenvalue weighted by Gasteiger charge is -2.33. The highest BCUT2D eigenvalue weighted by atomic mass is 32.2. The first-order chi connectivity index (χ1) is 9.73. The van der Waals surface area contributed by atoms with Gasteiger partial charge in [0.1, 0.15) is 4.90 Å². The molecule has 8 nitrogen and oxygen atoms in total. The molecule has 1 saturated heterocycles. The molecule has 1 aliphatic rings. The fourth-order valence-corrected chi connectivity index (χ4v) is 3.85. The van der Waals surface area contributed by atoms with Crippen LogP contribution in [0, 0.1) is 16.0 Å². The van der Waals surface area contributed by atoms with Gasteiger partial charge >= 0.3 is 0 Å². The van der Waals surface area contributed by atoms with Gasteiger partial charge in [-0.3, -0.25) is 10.1 Å². The quantitative estimate of drug-likeness (QED) is 0.477. The molecule has 1 aromatic rings. The number of β-amino-alcohol motifs (C(OH)–C–C–N with tert-alkyl or cyclic N) is 1. The molecule has 1 aliphatic heterocycles. The summed E-state index contributed by atoms with van der Waals surface area (Å²) in [5, 5.41) is 20.6. The summed E-state index contributed by atoms with van der Waals surface area (Å²) in [4.78, 5) is 9.81. The van der Waals surface area contributed by atoms with E-state index in [0.717, 1.165) is 16.4 Å². The Morgan fingerprint density at radius 1 is 1.48 bits per heavy atom. The van der Waals surface area contributed by atoms with Gasteiger partial charge < -0.3 is 10.8 Å². The monoisotopic (exact) mass is 315 g/mol. The van der Waals surface area contributed by atoms with Crippen molar-refractivity contribution in [3.05, 3.63) is 28.3 Å². The smallest absolute Gasteiger partial charge is 0.270 e. The van der Waals surface area contributed by atoms with Crippen LogP contribution in [0.3, 0.4) is 0 Å². The Morgan fingerprint density at radius 2 is 2.14 bits per heavy atom. The average Bonchev–Trinajstić information content (AvgIpc) is 2.41. The molecule has 0 radical (unpaired) electrons. The molecule has 2 unspecified atom stereocenters. The summed E-state index contributed by atoms with van der Waals surface area (Å²) in [6.45, 7) is 2.06. The van der Waals surface area contributed by atoms with Gasteiger partial charge in [0.2, 0.25) is 10.0 Å². The first-order valence-corrected chi connectivity index (χ1v) is 7.89. The summed E-state index contributed by atoms with van der Waals surface area (Å²) in [5.74, 6) is 0.0129. The zero-order chi connectivity index (χ0) is 15.8. The molecule has 1 aromatic carbocycles. The van der Waals surface area contributed by atoms with E-state index in [1.165, 1.54) is 6.07 Å². The molecule has 0 aromatic heterocycles. The summed E-state index contributed by atoms with van der Waals surface area (Å²) >= 11 is 0. The van der Waals surface area contributed by atoms with Crippen molar-refractivity contribution >= 4 is 21.4 Å². The topological polar surface area (TPSA) is 127 Å². The Morgan fingerprint density at radius 3 is 2.71 bits per heavy atom. The van der Waals surface area contributed by atoms with Gasteiger partial charge in [0.05, 0.1) is 16.7 Å². The molecular weight excluding hydrogens is 298 g/mol.